The molecule has 0 unspecified atom stereocenters. The fraction of sp³-hybridized carbons (Fsp3) is 0.250. The second-order valence-corrected chi connectivity index (χ2v) is 5.01. The van der Waals surface area contributed by atoms with Crippen molar-refractivity contribution in [3.63, 3.8) is 0 Å². The highest BCUT2D eigenvalue weighted by molar-refractivity contribution is 5.45. The van der Waals surface area contributed by atoms with Gasteiger partial charge in [0.05, 0.1) is 24.3 Å². The Labute approximate surface area is 123 Å². The first kappa shape index (κ1) is 14.3. The van der Waals surface area contributed by atoms with E-state index in [1.165, 1.54) is 6.08 Å². The van der Waals surface area contributed by atoms with Crippen LogP contribution in [0.3, 0.4) is 0 Å². The Morgan fingerprint density at radius 3 is 2.00 bits per heavy atom. The predicted octanol–water partition coefficient (Wildman–Crippen LogP) is 1.28. The smallest absolute Gasteiger partial charge is 0.234 e. The number of quaternary nitrogens is 1. The van der Waals surface area contributed by atoms with Gasteiger partial charge >= 0.3 is 0 Å². The maximum Gasteiger partial charge on any atom is 0.234 e. The lowest BCUT2D eigenvalue weighted by molar-refractivity contribution is -0.668. The van der Waals surface area contributed by atoms with Gasteiger partial charge in [-0.25, -0.2) is 0 Å². The second-order valence-electron chi connectivity index (χ2n) is 5.01. The quantitative estimate of drug-likeness (QED) is 0.831. The van der Waals surface area contributed by atoms with Crippen LogP contribution in [-0.4, -0.2) is 0 Å². The molecule has 1 atom stereocenters. The van der Waals surface area contributed by atoms with Crippen LogP contribution in [0.2, 0.25) is 0 Å². The molecule has 0 aliphatic carbocycles. The number of allylic oxidation sites excluding steroid dienone is 2. The second kappa shape index (κ2) is 5.10. The van der Waals surface area contributed by atoms with Gasteiger partial charge in [0.2, 0.25) is 10.8 Å². The SMILES string of the molecule is CC1=CC(C#N)(C#N)C(C#N)(C#N)[C@H](c2ccccc2)[NH2+]1. The molecular formula is C16H12N5+. The summed E-state index contributed by atoms with van der Waals surface area (Å²) in [6.07, 6.45) is 1.42. The number of nitrogens with zero attached hydrogens (tertiary/aromatic N) is 4. The lowest BCUT2D eigenvalue weighted by atomic mass is 9.59. The number of hydrogen-bond donors (Lipinski definition) is 1. The average molecular weight is 274 g/mol. The third-order valence-electron chi connectivity index (χ3n) is 3.83. The first-order valence-electron chi connectivity index (χ1n) is 6.33. The molecule has 1 heterocycles. The molecule has 21 heavy (non-hydrogen) atoms. The molecule has 100 valence electrons. The van der Waals surface area contributed by atoms with Crippen LogP contribution in [0.4, 0.5) is 0 Å². The summed E-state index contributed by atoms with van der Waals surface area (Å²) in [6.45, 7) is 1.76. The zero-order valence-electron chi connectivity index (χ0n) is 11.4. The summed E-state index contributed by atoms with van der Waals surface area (Å²) in [6, 6.07) is 16.1. The van der Waals surface area contributed by atoms with Crippen LogP contribution in [0.1, 0.15) is 18.5 Å². The van der Waals surface area contributed by atoms with E-state index >= 15 is 0 Å². The molecule has 0 amide bonds. The largest absolute Gasteiger partial charge is 0.309 e. The molecule has 2 N–H and O–H groups in total. The van der Waals surface area contributed by atoms with E-state index in [9.17, 15) is 21.0 Å². The van der Waals surface area contributed by atoms with Gasteiger partial charge in [-0.05, 0) is 0 Å². The molecule has 1 aromatic carbocycles. The van der Waals surface area contributed by atoms with E-state index in [1.807, 2.05) is 30.3 Å². The molecule has 1 aliphatic heterocycles. The highest BCUT2D eigenvalue weighted by Gasteiger charge is 2.63. The Hall–Kier alpha value is -3.12. The van der Waals surface area contributed by atoms with Crippen molar-refractivity contribution in [1.82, 2.24) is 0 Å². The molecule has 0 radical (unpaired) electrons. The Balaban J connectivity index is 2.78. The molecular weight excluding hydrogens is 262 g/mol. The Morgan fingerprint density at radius 1 is 0.952 bits per heavy atom. The average Bonchev–Trinajstić information content (AvgIpc) is 2.54. The summed E-state index contributed by atoms with van der Waals surface area (Å²) in [5, 5.41) is 40.0. The van der Waals surface area contributed by atoms with E-state index in [0.29, 0.717) is 5.70 Å². The van der Waals surface area contributed by atoms with Gasteiger partial charge in [0.25, 0.3) is 0 Å². The molecule has 0 saturated heterocycles. The van der Waals surface area contributed by atoms with Crippen LogP contribution in [0.5, 0.6) is 0 Å². The van der Waals surface area contributed by atoms with Crippen molar-refractivity contribution in [2.75, 3.05) is 0 Å². The minimum absolute atomic E-state index is 0.627. The predicted molar refractivity (Wildman–Crippen MR) is 72.2 cm³/mol. The fourth-order valence-electron chi connectivity index (χ4n) is 2.75. The van der Waals surface area contributed by atoms with E-state index in [4.69, 9.17) is 0 Å². The molecule has 0 saturated carbocycles. The topological polar surface area (TPSA) is 112 Å². The number of rotatable bonds is 1. The van der Waals surface area contributed by atoms with E-state index in [-0.39, 0.29) is 0 Å². The molecule has 0 spiro atoms. The van der Waals surface area contributed by atoms with Crippen molar-refractivity contribution >= 4 is 0 Å². The third kappa shape index (κ3) is 1.86. The third-order valence-corrected chi connectivity index (χ3v) is 3.83. The van der Waals surface area contributed by atoms with E-state index in [0.717, 1.165) is 5.56 Å². The van der Waals surface area contributed by atoms with Gasteiger partial charge in [-0.15, -0.1) is 0 Å². The van der Waals surface area contributed by atoms with Gasteiger partial charge in [0.1, 0.15) is 5.70 Å². The van der Waals surface area contributed by atoms with Gasteiger partial charge in [-0.2, -0.15) is 21.0 Å². The zero-order valence-corrected chi connectivity index (χ0v) is 11.4. The Kier molecular flexibility index (Phi) is 3.47. The number of nitrogens with two attached hydrogens (primary N) is 1. The highest BCUT2D eigenvalue weighted by atomic mass is 15.0. The van der Waals surface area contributed by atoms with Crippen molar-refractivity contribution in [3.8, 4) is 24.3 Å². The molecule has 0 aromatic heterocycles. The molecule has 5 nitrogen and oxygen atoms in total. The molecule has 2 rings (SSSR count). The summed E-state index contributed by atoms with van der Waals surface area (Å²) in [4.78, 5) is 0. The number of nitriles is 4. The van der Waals surface area contributed by atoms with Crippen LogP contribution in [0.15, 0.2) is 42.1 Å². The van der Waals surface area contributed by atoms with Crippen LogP contribution in [0.25, 0.3) is 0 Å². The lowest BCUT2D eigenvalue weighted by Crippen LogP contribution is -2.88. The van der Waals surface area contributed by atoms with E-state index in [2.05, 4.69) is 0 Å². The minimum atomic E-state index is -1.78. The fourth-order valence-corrected chi connectivity index (χ4v) is 2.75. The summed E-state index contributed by atoms with van der Waals surface area (Å²) in [5.41, 5.74) is -2.09. The molecule has 5 heteroatoms. The van der Waals surface area contributed by atoms with Gasteiger partial charge < -0.3 is 5.32 Å². The maximum atomic E-state index is 9.63. The van der Waals surface area contributed by atoms with E-state index < -0.39 is 16.9 Å². The summed E-state index contributed by atoms with van der Waals surface area (Å²) >= 11 is 0. The maximum absolute atomic E-state index is 9.63. The van der Waals surface area contributed by atoms with Crippen molar-refractivity contribution in [2.24, 2.45) is 10.8 Å². The highest BCUT2D eigenvalue weighted by Crippen LogP contribution is 2.48. The normalized spacial score (nSPS) is 21.8. The zero-order chi connectivity index (χ0) is 15.5. The summed E-state index contributed by atoms with van der Waals surface area (Å²) in [5.74, 6) is 0. The van der Waals surface area contributed by atoms with Crippen LogP contribution in [0, 0.1) is 56.2 Å². The standard InChI is InChI=1S/C16H11N5/c1-12-7-15(8-17,9-18)16(10-19,11-20)14(21-12)13-5-3-2-4-6-13/h2-7,14,21H,1H3/p+1/t14-/m0/s1. The van der Waals surface area contributed by atoms with Crippen molar-refractivity contribution in [2.45, 2.75) is 13.0 Å². The lowest BCUT2D eigenvalue weighted by Gasteiger charge is -2.37. The van der Waals surface area contributed by atoms with Crippen molar-refractivity contribution in [3.05, 3.63) is 47.7 Å². The summed E-state index contributed by atoms with van der Waals surface area (Å²) in [7, 11) is 0. The Bertz CT molecular complexity index is 721. The number of benzene rings is 1. The van der Waals surface area contributed by atoms with Crippen LogP contribution < -0.4 is 5.32 Å². The molecule has 1 aliphatic rings. The number of hydrogen-bond acceptors (Lipinski definition) is 4. The van der Waals surface area contributed by atoms with Crippen LogP contribution in [-0.2, 0) is 0 Å². The molecule has 0 fully saturated rings. The van der Waals surface area contributed by atoms with Crippen LogP contribution >= 0.6 is 0 Å². The molecule has 0 bridgehead atoms. The van der Waals surface area contributed by atoms with Crippen molar-refractivity contribution in [1.29, 1.82) is 21.0 Å². The monoisotopic (exact) mass is 274 g/mol. The first-order valence-corrected chi connectivity index (χ1v) is 6.33. The van der Waals surface area contributed by atoms with Gasteiger partial charge in [-0.1, -0.05) is 30.3 Å². The van der Waals surface area contributed by atoms with Gasteiger partial charge in [0, 0.05) is 18.6 Å². The Morgan fingerprint density at radius 2 is 1.52 bits per heavy atom. The van der Waals surface area contributed by atoms with Gasteiger partial charge in [0.15, 0.2) is 6.04 Å². The first-order chi connectivity index (χ1) is 10.1. The van der Waals surface area contributed by atoms with Gasteiger partial charge in [-0.3, -0.25) is 0 Å². The molecule has 1 aromatic rings. The summed E-state index contributed by atoms with van der Waals surface area (Å²) < 4.78 is 0. The minimum Gasteiger partial charge on any atom is -0.309 e. The van der Waals surface area contributed by atoms with Crippen molar-refractivity contribution < 1.29 is 5.32 Å². The van der Waals surface area contributed by atoms with E-state index in [1.54, 1.807) is 36.5 Å².